The molecule has 0 bridgehead atoms. The van der Waals surface area contributed by atoms with Crippen LogP contribution in [0.2, 0.25) is 5.02 Å². The molecule has 0 fully saturated rings. The molecule has 3 aromatic rings. The first-order valence-corrected chi connectivity index (χ1v) is 6.08. The zero-order chi connectivity index (χ0) is 13.7. The van der Waals surface area contributed by atoms with Crippen molar-refractivity contribution in [2.75, 3.05) is 0 Å². The van der Waals surface area contributed by atoms with Crippen LogP contribution in [0.25, 0.3) is 21.9 Å². The average Bonchev–Trinajstić information content (AvgIpc) is 2.34. The van der Waals surface area contributed by atoms with Crippen molar-refractivity contribution in [2.45, 2.75) is 13.8 Å². The van der Waals surface area contributed by atoms with E-state index in [2.05, 4.69) is 15.0 Å². The minimum atomic E-state index is -0.593. The van der Waals surface area contributed by atoms with Crippen molar-refractivity contribution < 1.29 is 0 Å². The molecule has 0 aliphatic heterocycles. The number of fused-ring (bicyclic) bond motifs is 2. The van der Waals surface area contributed by atoms with Crippen molar-refractivity contribution in [3.63, 3.8) is 0 Å². The molecule has 1 aromatic carbocycles. The van der Waals surface area contributed by atoms with E-state index in [-0.39, 0.29) is 11.0 Å². The number of rotatable bonds is 0. The quantitative estimate of drug-likeness (QED) is 0.616. The minimum absolute atomic E-state index is 0.139. The number of aryl methyl sites for hydroxylation is 2. The van der Waals surface area contributed by atoms with Crippen LogP contribution in [0.1, 0.15) is 11.1 Å². The summed E-state index contributed by atoms with van der Waals surface area (Å²) in [6.45, 7) is 3.93. The number of benzene rings is 1. The van der Waals surface area contributed by atoms with Crippen molar-refractivity contribution >= 4 is 33.5 Å². The maximum absolute atomic E-state index is 11.8. The van der Waals surface area contributed by atoms with E-state index in [1.54, 1.807) is 0 Å². The zero-order valence-electron chi connectivity index (χ0n) is 10.3. The lowest BCUT2D eigenvalue weighted by Crippen LogP contribution is -2.22. The molecular formula is C13H10ClN3O2. The van der Waals surface area contributed by atoms with Gasteiger partial charge in [0.1, 0.15) is 0 Å². The van der Waals surface area contributed by atoms with E-state index in [4.69, 9.17) is 11.6 Å². The molecule has 19 heavy (non-hydrogen) atoms. The third-order valence-electron chi connectivity index (χ3n) is 3.22. The van der Waals surface area contributed by atoms with E-state index < -0.39 is 11.2 Å². The topological polar surface area (TPSA) is 78.6 Å². The molecule has 2 N–H and O–H groups in total. The van der Waals surface area contributed by atoms with Crippen LogP contribution in [0.4, 0.5) is 0 Å². The summed E-state index contributed by atoms with van der Waals surface area (Å²) in [5.74, 6) is 0. The van der Waals surface area contributed by atoms with Gasteiger partial charge in [0.15, 0.2) is 5.52 Å². The van der Waals surface area contributed by atoms with E-state index in [1.807, 2.05) is 26.0 Å². The summed E-state index contributed by atoms with van der Waals surface area (Å²) >= 11 is 6.28. The smallest absolute Gasteiger partial charge is 0.304 e. The first-order chi connectivity index (χ1) is 8.97. The van der Waals surface area contributed by atoms with Crippen molar-refractivity contribution in [2.24, 2.45) is 0 Å². The highest BCUT2D eigenvalue weighted by atomic mass is 35.5. The van der Waals surface area contributed by atoms with Crippen molar-refractivity contribution in [3.05, 3.63) is 49.1 Å². The first kappa shape index (κ1) is 11.9. The Kier molecular flexibility index (Phi) is 2.46. The van der Waals surface area contributed by atoms with Gasteiger partial charge in [-0.25, -0.2) is 9.78 Å². The number of hydrogen-bond acceptors (Lipinski definition) is 3. The van der Waals surface area contributed by atoms with Crippen LogP contribution < -0.4 is 11.2 Å². The maximum Gasteiger partial charge on any atom is 0.326 e. The molecule has 96 valence electrons. The summed E-state index contributed by atoms with van der Waals surface area (Å²) in [7, 11) is 0. The SMILES string of the molecule is Cc1cc2nc3c(=O)[nH]c(=O)[nH]c3c(Cl)c2cc1C. The molecule has 2 aromatic heterocycles. The minimum Gasteiger partial charge on any atom is -0.304 e. The van der Waals surface area contributed by atoms with Gasteiger partial charge in [-0.1, -0.05) is 11.6 Å². The van der Waals surface area contributed by atoms with Crippen molar-refractivity contribution in [1.82, 2.24) is 15.0 Å². The van der Waals surface area contributed by atoms with Gasteiger partial charge in [0, 0.05) is 5.39 Å². The van der Waals surface area contributed by atoms with E-state index in [0.29, 0.717) is 10.5 Å². The molecule has 0 spiro atoms. The zero-order valence-corrected chi connectivity index (χ0v) is 11.1. The molecule has 0 atom stereocenters. The van der Waals surface area contributed by atoms with Gasteiger partial charge in [-0.3, -0.25) is 9.78 Å². The molecule has 0 amide bonds. The fraction of sp³-hybridized carbons (Fsp3) is 0.154. The number of pyridine rings is 1. The Labute approximate surface area is 112 Å². The van der Waals surface area contributed by atoms with Crippen molar-refractivity contribution in [3.8, 4) is 0 Å². The average molecular weight is 276 g/mol. The first-order valence-electron chi connectivity index (χ1n) is 5.70. The fourth-order valence-electron chi connectivity index (χ4n) is 2.07. The van der Waals surface area contributed by atoms with Crippen LogP contribution in [0, 0.1) is 13.8 Å². The molecule has 5 nitrogen and oxygen atoms in total. The lowest BCUT2D eigenvalue weighted by molar-refractivity contribution is 1.07. The van der Waals surface area contributed by atoms with Crippen LogP contribution in [0.3, 0.4) is 0 Å². The van der Waals surface area contributed by atoms with E-state index in [0.717, 1.165) is 16.5 Å². The van der Waals surface area contributed by atoms with Gasteiger partial charge in [0.05, 0.1) is 16.1 Å². The van der Waals surface area contributed by atoms with Gasteiger partial charge in [-0.05, 0) is 37.1 Å². The predicted molar refractivity (Wildman–Crippen MR) is 75.0 cm³/mol. The highest BCUT2D eigenvalue weighted by molar-refractivity contribution is 6.39. The van der Waals surface area contributed by atoms with Crippen LogP contribution in [0.5, 0.6) is 0 Å². The second-order valence-electron chi connectivity index (χ2n) is 4.51. The van der Waals surface area contributed by atoms with E-state index >= 15 is 0 Å². The van der Waals surface area contributed by atoms with Crippen LogP contribution in [-0.2, 0) is 0 Å². The van der Waals surface area contributed by atoms with Gasteiger partial charge in [-0.2, -0.15) is 0 Å². The summed E-state index contributed by atoms with van der Waals surface area (Å²) in [6.07, 6.45) is 0. The number of hydrogen-bond donors (Lipinski definition) is 2. The number of aromatic nitrogens is 3. The molecule has 0 aliphatic rings. The second kappa shape index (κ2) is 3.93. The van der Waals surface area contributed by atoms with Gasteiger partial charge in [0.25, 0.3) is 5.56 Å². The Balaban J connectivity index is 2.64. The summed E-state index contributed by atoms with van der Waals surface area (Å²) < 4.78 is 0. The normalized spacial score (nSPS) is 11.3. The van der Waals surface area contributed by atoms with Gasteiger partial charge in [0.2, 0.25) is 0 Å². The number of aromatic amines is 2. The summed E-state index contributed by atoms with van der Waals surface area (Å²) in [5.41, 5.74) is 2.05. The Morgan fingerprint density at radius 3 is 2.53 bits per heavy atom. The predicted octanol–water partition coefficient (Wildman–Crippen LogP) is 2.03. The van der Waals surface area contributed by atoms with Crippen LogP contribution >= 0.6 is 11.6 Å². The number of nitrogens with one attached hydrogen (secondary N) is 2. The highest BCUT2D eigenvalue weighted by Gasteiger charge is 2.12. The second-order valence-corrected chi connectivity index (χ2v) is 4.89. The third-order valence-corrected chi connectivity index (χ3v) is 3.61. The molecule has 6 heteroatoms. The molecule has 0 unspecified atom stereocenters. The molecule has 0 saturated carbocycles. The number of halogens is 1. The highest BCUT2D eigenvalue weighted by Crippen LogP contribution is 2.29. The van der Waals surface area contributed by atoms with E-state index in [9.17, 15) is 9.59 Å². The number of nitrogens with zero attached hydrogens (tertiary/aromatic N) is 1. The molecule has 3 rings (SSSR count). The van der Waals surface area contributed by atoms with Gasteiger partial charge >= 0.3 is 5.69 Å². The maximum atomic E-state index is 11.8. The lowest BCUT2D eigenvalue weighted by Gasteiger charge is -2.07. The van der Waals surface area contributed by atoms with E-state index in [1.165, 1.54) is 0 Å². The van der Waals surface area contributed by atoms with Gasteiger partial charge < -0.3 is 4.98 Å². The Morgan fingerprint density at radius 1 is 1.11 bits per heavy atom. The third kappa shape index (κ3) is 1.74. The lowest BCUT2D eigenvalue weighted by atomic mass is 10.1. The monoisotopic (exact) mass is 275 g/mol. The van der Waals surface area contributed by atoms with Crippen molar-refractivity contribution in [1.29, 1.82) is 0 Å². The summed E-state index contributed by atoms with van der Waals surface area (Å²) in [5, 5.41) is 1.06. The standard InChI is InChI=1S/C13H10ClN3O2/c1-5-3-7-8(4-6(5)2)15-11-10(9(7)14)16-13(19)17-12(11)18/h3-4H,1-2H3,(H2,16,17,18,19). The Bertz CT molecular complexity index is 940. The summed E-state index contributed by atoms with van der Waals surface area (Å²) in [6, 6.07) is 3.78. The Hall–Kier alpha value is -2.14. The molecule has 0 saturated heterocycles. The largest absolute Gasteiger partial charge is 0.326 e. The molecular weight excluding hydrogens is 266 g/mol. The Morgan fingerprint density at radius 2 is 1.79 bits per heavy atom. The van der Waals surface area contributed by atoms with Crippen LogP contribution in [0.15, 0.2) is 21.7 Å². The molecule has 2 heterocycles. The van der Waals surface area contributed by atoms with Gasteiger partial charge in [-0.15, -0.1) is 0 Å². The van der Waals surface area contributed by atoms with Crippen LogP contribution in [-0.4, -0.2) is 15.0 Å². The molecule has 0 aliphatic carbocycles. The fourth-order valence-corrected chi connectivity index (χ4v) is 2.36. The molecule has 0 radical (unpaired) electrons. The summed E-state index contributed by atoms with van der Waals surface area (Å²) in [4.78, 5) is 32.0. The number of H-pyrrole nitrogens is 2.